The molecule has 0 fully saturated rings. The second kappa shape index (κ2) is 6.03. The lowest BCUT2D eigenvalue weighted by Gasteiger charge is -2.21. The summed E-state index contributed by atoms with van der Waals surface area (Å²) < 4.78 is 45.3. The normalized spacial score (nSPS) is 11.2. The molecule has 21 heavy (non-hydrogen) atoms. The van der Waals surface area contributed by atoms with Crippen molar-refractivity contribution in [2.24, 2.45) is 0 Å². The van der Waals surface area contributed by atoms with Gasteiger partial charge in [0.1, 0.15) is 0 Å². The van der Waals surface area contributed by atoms with Crippen molar-refractivity contribution in [3.63, 3.8) is 0 Å². The molecular formula is C14H13BrFNO3S. The zero-order valence-corrected chi connectivity index (χ0v) is 13.8. The molecule has 112 valence electrons. The minimum absolute atomic E-state index is 0.00232. The molecule has 0 spiro atoms. The highest BCUT2D eigenvalue weighted by molar-refractivity contribution is 9.10. The summed E-state index contributed by atoms with van der Waals surface area (Å²) in [5.74, 6) is -0.725. The van der Waals surface area contributed by atoms with E-state index in [0.717, 1.165) is 10.4 Å². The number of methoxy groups -OCH3 is 1. The fourth-order valence-electron chi connectivity index (χ4n) is 1.80. The zero-order valence-electron chi connectivity index (χ0n) is 11.4. The molecule has 2 aromatic carbocycles. The van der Waals surface area contributed by atoms with Gasteiger partial charge in [0.05, 0.1) is 17.7 Å². The molecule has 0 saturated heterocycles. The van der Waals surface area contributed by atoms with Gasteiger partial charge in [-0.15, -0.1) is 0 Å². The molecule has 0 N–H and O–H groups in total. The Labute approximate surface area is 131 Å². The third-order valence-corrected chi connectivity index (χ3v) is 5.41. The van der Waals surface area contributed by atoms with E-state index in [9.17, 15) is 12.8 Å². The largest absolute Gasteiger partial charge is 0.494 e. The number of sulfonamides is 1. The van der Waals surface area contributed by atoms with Crippen molar-refractivity contribution < 1.29 is 17.5 Å². The van der Waals surface area contributed by atoms with Crippen LogP contribution in [0.4, 0.5) is 10.1 Å². The Morgan fingerprint density at radius 1 is 1.19 bits per heavy atom. The van der Waals surface area contributed by atoms with Crippen molar-refractivity contribution in [2.45, 2.75) is 4.90 Å². The van der Waals surface area contributed by atoms with Gasteiger partial charge in [0, 0.05) is 11.5 Å². The third kappa shape index (κ3) is 3.03. The van der Waals surface area contributed by atoms with E-state index in [-0.39, 0.29) is 10.6 Å². The van der Waals surface area contributed by atoms with E-state index < -0.39 is 15.8 Å². The van der Waals surface area contributed by atoms with Gasteiger partial charge in [0.2, 0.25) is 0 Å². The fourth-order valence-corrected chi connectivity index (χ4v) is 3.70. The van der Waals surface area contributed by atoms with Crippen LogP contribution in [0.1, 0.15) is 0 Å². The van der Waals surface area contributed by atoms with Crippen LogP contribution < -0.4 is 9.04 Å². The molecule has 0 aliphatic carbocycles. The van der Waals surface area contributed by atoms with E-state index >= 15 is 0 Å². The summed E-state index contributed by atoms with van der Waals surface area (Å²) in [6, 6.07) is 10.4. The molecule has 0 amide bonds. The van der Waals surface area contributed by atoms with Gasteiger partial charge in [-0.3, -0.25) is 4.31 Å². The number of rotatable bonds is 4. The predicted octanol–water partition coefficient (Wildman–Crippen LogP) is 3.42. The van der Waals surface area contributed by atoms with Gasteiger partial charge in [0.25, 0.3) is 10.0 Å². The molecule has 0 heterocycles. The number of hydrogen-bond acceptors (Lipinski definition) is 3. The maximum absolute atomic E-state index is 13.7. The third-order valence-electron chi connectivity index (χ3n) is 2.97. The van der Waals surface area contributed by atoms with Gasteiger partial charge in [-0.05, 0) is 46.3 Å². The van der Waals surface area contributed by atoms with Crippen molar-refractivity contribution in [3.05, 3.63) is 52.8 Å². The number of ether oxygens (including phenoxy) is 1. The molecule has 0 atom stereocenters. The van der Waals surface area contributed by atoms with Crippen molar-refractivity contribution in [1.82, 2.24) is 0 Å². The minimum Gasteiger partial charge on any atom is -0.494 e. The van der Waals surface area contributed by atoms with Crippen molar-refractivity contribution in [3.8, 4) is 5.75 Å². The van der Waals surface area contributed by atoms with E-state index in [1.165, 1.54) is 26.3 Å². The van der Waals surface area contributed by atoms with Crippen LogP contribution in [-0.2, 0) is 10.0 Å². The topological polar surface area (TPSA) is 46.6 Å². The molecule has 2 aromatic rings. The van der Waals surface area contributed by atoms with Crippen LogP contribution >= 0.6 is 15.9 Å². The van der Waals surface area contributed by atoms with E-state index in [1.807, 2.05) is 0 Å². The average Bonchev–Trinajstić information content (AvgIpc) is 2.47. The summed E-state index contributed by atoms with van der Waals surface area (Å²) in [5.41, 5.74) is 0.466. The van der Waals surface area contributed by atoms with Gasteiger partial charge >= 0.3 is 0 Å². The number of nitrogens with zero attached hydrogens (tertiary/aromatic N) is 1. The van der Waals surface area contributed by atoms with E-state index in [0.29, 0.717) is 10.2 Å². The van der Waals surface area contributed by atoms with Crippen LogP contribution in [0.2, 0.25) is 0 Å². The first-order valence-corrected chi connectivity index (χ1v) is 8.18. The van der Waals surface area contributed by atoms with Crippen molar-refractivity contribution in [1.29, 1.82) is 0 Å². The molecule has 0 saturated carbocycles. The highest BCUT2D eigenvalue weighted by atomic mass is 79.9. The van der Waals surface area contributed by atoms with Gasteiger partial charge in [0.15, 0.2) is 11.6 Å². The summed E-state index contributed by atoms with van der Waals surface area (Å²) in [5, 5.41) is 0. The number of para-hydroxylation sites is 1. The Morgan fingerprint density at radius 3 is 2.43 bits per heavy atom. The smallest absolute Gasteiger partial charge is 0.264 e. The standard InChI is InChI=1S/C14H13BrFNO3S/c1-17(13-6-4-3-5-11(13)15)21(18,19)10-7-8-14(20-2)12(16)9-10/h3-9H,1-2H3. The number of anilines is 1. The second-order valence-corrected chi connectivity index (χ2v) is 7.04. The van der Waals surface area contributed by atoms with Crippen LogP contribution in [-0.4, -0.2) is 22.6 Å². The highest BCUT2D eigenvalue weighted by Gasteiger charge is 2.24. The first kappa shape index (κ1) is 15.8. The van der Waals surface area contributed by atoms with E-state index in [4.69, 9.17) is 4.74 Å². The number of hydrogen-bond donors (Lipinski definition) is 0. The van der Waals surface area contributed by atoms with Crippen LogP contribution in [0, 0.1) is 5.82 Å². The predicted molar refractivity (Wildman–Crippen MR) is 82.7 cm³/mol. The summed E-state index contributed by atoms with van der Waals surface area (Å²) in [6.07, 6.45) is 0. The lowest BCUT2D eigenvalue weighted by Crippen LogP contribution is -2.27. The van der Waals surface area contributed by atoms with Crippen LogP contribution in [0.15, 0.2) is 51.8 Å². The Kier molecular flexibility index (Phi) is 4.53. The summed E-state index contributed by atoms with van der Waals surface area (Å²) in [7, 11) is -1.12. The van der Waals surface area contributed by atoms with Crippen molar-refractivity contribution in [2.75, 3.05) is 18.5 Å². The molecule has 0 bridgehead atoms. The lowest BCUT2D eigenvalue weighted by molar-refractivity contribution is 0.385. The van der Waals surface area contributed by atoms with E-state index in [2.05, 4.69) is 15.9 Å². The minimum atomic E-state index is -3.85. The first-order chi connectivity index (χ1) is 9.87. The average molecular weight is 374 g/mol. The van der Waals surface area contributed by atoms with E-state index in [1.54, 1.807) is 24.3 Å². The lowest BCUT2D eigenvalue weighted by atomic mass is 10.3. The molecule has 0 aliphatic rings. The number of benzene rings is 2. The molecular weight excluding hydrogens is 361 g/mol. The molecule has 7 heteroatoms. The van der Waals surface area contributed by atoms with Gasteiger partial charge in [-0.2, -0.15) is 0 Å². The van der Waals surface area contributed by atoms with Crippen LogP contribution in [0.3, 0.4) is 0 Å². The molecule has 2 rings (SSSR count). The van der Waals surface area contributed by atoms with Crippen LogP contribution in [0.5, 0.6) is 5.75 Å². The SMILES string of the molecule is COc1ccc(S(=O)(=O)N(C)c2ccccc2Br)cc1F. The Hall–Kier alpha value is -1.60. The maximum atomic E-state index is 13.7. The van der Waals surface area contributed by atoms with Crippen LogP contribution in [0.25, 0.3) is 0 Å². The molecule has 4 nitrogen and oxygen atoms in total. The Bertz CT molecular complexity index is 765. The summed E-state index contributed by atoms with van der Waals surface area (Å²) in [6.45, 7) is 0. The molecule has 0 aliphatic heterocycles. The monoisotopic (exact) mass is 373 g/mol. The fraction of sp³-hybridized carbons (Fsp3) is 0.143. The summed E-state index contributed by atoms with van der Waals surface area (Å²) in [4.78, 5) is -0.140. The van der Waals surface area contributed by atoms with Gasteiger partial charge < -0.3 is 4.74 Å². The maximum Gasteiger partial charge on any atom is 0.264 e. The summed E-state index contributed by atoms with van der Waals surface area (Å²) >= 11 is 3.30. The van der Waals surface area contributed by atoms with Gasteiger partial charge in [-0.25, -0.2) is 12.8 Å². The Balaban J connectivity index is 2.47. The van der Waals surface area contributed by atoms with Crippen molar-refractivity contribution >= 4 is 31.6 Å². The second-order valence-electron chi connectivity index (χ2n) is 4.22. The molecule has 0 radical (unpaired) electrons. The first-order valence-electron chi connectivity index (χ1n) is 5.95. The highest BCUT2D eigenvalue weighted by Crippen LogP contribution is 2.30. The molecule has 0 aromatic heterocycles. The molecule has 0 unspecified atom stereocenters. The zero-order chi connectivity index (χ0) is 15.6. The number of halogens is 2. The quantitative estimate of drug-likeness (QED) is 0.824. The van der Waals surface area contributed by atoms with Gasteiger partial charge in [-0.1, -0.05) is 12.1 Å². The Morgan fingerprint density at radius 2 is 1.86 bits per heavy atom.